The fourth-order valence-electron chi connectivity index (χ4n) is 1.73. The van der Waals surface area contributed by atoms with Gasteiger partial charge in [-0.25, -0.2) is 4.39 Å². The first-order chi connectivity index (χ1) is 9.99. The zero-order valence-electron chi connectivity index (χ0n) is 11.3. The minimum atomic E-state index is -0.314. The van der Waals surface area contributed by atoms with E-state index in [1.807, 2.05) is 0 Å². The molecular weight excluding hydrogens is 339 g/mol. The van der Waals surface area contributed by atoms with E-state index >= 15 is 0 Å². The van der Waals surface area contributed by atoms with Crippen molar-refractivity contribution in [1.29, 1.82) is 5.41 Å². The van der Waals surface area contributed by atoms with Gasteiger partial charge in [-0.2, -0.15) is 0 Å². The molecule has 21 heavy (non-hydrogen) atoms. The number of nitrogens with one attached hydrogen (secondary N) is 1. The summed E-state index contributed by atoms with van der Waals surface area (Å²) in [5, 5.41) is 7.48. The van der Waals surface area contributed by atoms with Crippen molar-refractivity contribution in [2.24, 2.45) is 5.73 Å². The summed E-state index contributed by atoms with van der Waals surface area (Å²) >= 11 is 3.29. The molecular formula is C15H14BrFN2O2. The van der Waals surface area contributed by atoms with Gasteiger partial charge in [0, 0.05) is 21.7 Å². The molecule has 0 atom stereocenters. The number of nitrogen functional groups attached to an aromatic ring is 1. The average molecular weight is 353 g/mol. The third kappa shape index (κ3) is 3.95. The largest absolute Gasteiger partial charge is 0.497 e. The molecule has 6 heteroatoms. The molecule has 0 aromatic heterocycles. The molecule has 0 aliphatic carbocycles. The van der Waals surface area contributed by atoms with Gasteiger partial charge in [-0.1, -0.05) is 22.0 Å². The summed E-state index contributed by atoms with van der Waals surface area (Å²) in [6.45, 7) is 0.255. The Balaban J connectivity index is 2.19. The van der Waals surface area contributed by atoms with Gasteiger partial charge in [0.05, 0.1) is 7.11 Å². The van der Waals surface area contributed by atoms with Crippen LogP contribution in [0.25, 0.3) is 0 Å². The highest BCUT2D eigenvalue weighted by atomic mass is 79.9. The standard InChI is InChI=1S/C15H14BrFN2O2/c1-20-12-4-10(15(18)19)5-13(7-12)21-8-9-2-3-11(17)6-14(9)16/h2-7H,8H2,1H3,(H3,18,19). The summed E-state index contributed by atoms with van der Waals surface area (Å²) in [6.07, 6.45) is 0. The van der Waals surface area contributed by atoms with Gasteiger partial charge in [-0.05, 0) is 24.3 Å². The van der Waals surface area contributed by atoms with Crippen molar-refractivity contribution in [2.75, 3.05) is 7.11 Å². The number of rotatable bonds is 5. The van der Waals surface area contributed by atoms with E-state index in [2.05, 4.69) is 15.9 Å². The van der Waals surface area contributed by atoms with Crippen molar-refractivity contribution in [1.82, 2.24) is 0 Å². The Kier molecular flexibility index (Phi) is 4.80. The van der Waals surface area contributed by atoms with Crippen molar-refractivity contribution in [3.8, 4) is 11.5 Å². The molecule has 4 nitrogen and oxygen atoms in total. The van der Waals surface area contributed by atoms with Crippen LogP contribution in [0.3, 0.4) is 0 Å². The van der Waals surface area contributed by atoms with Crippen LogP contribution < -0.4 is 15.2 Å². The maximum absolute atomic E-state index is 13.0. The minimum Gasteiger partial charge on any atom is -0.497 e. The Morgan fingerprint density at radius 3 is 2.57 bits per heavy atom. The van der Waals surface area contributed by atoms with Gasteiger partial charge in [0.25, 0.3) is 0 Å². The summed E-state index contributed by atoms with van der Waals surface area (Å²) in [4.78, 5) is 0. The Morgan fingerprint density at radius 1 is 1.24 bits per heavy atom. The van der Waals surface area contributed by atoms with E-state index in [0.29, 0.717) is 21.5 Å². The van der Waals surface area contributed by atoms with Crippen molar-refractivity contribution in [3.63, 3.8) is 0 Å². The fourth-order valence-corrected chi connectivity index (χ4v) is 2.19. The second-order valence-electron chi connectivity index (χ2n) is 4.34. The Hall–Kier alpha value is -2.08. The molecule has 0 heterocycles. The van der Waals surface area contributed by atoms with Crippen LogP contribution in [-0.4, -0.2) is 12.9 Å². The van der Waals surface area contributed by atoms with Gasteiger partial charge in [0.2, 0.25) is 0 Å². The number of hydrogen-bond donors (Lipinski definition) is 2. The first-order valence-corrected chi connectivity index (χ1v) is 6.89. The van der Waals surface area contributed by atoms with E-state index in [4.69, 9.17) is 20.6 Å². The number of ether oxygens (including phenoxy) is 2. The number of methoxy groups -OCH3 is 1. The van der Waals surface area contributed by atoms with Gasteiger partial charge in [-0.15, -0.1) is 0 Å². The molecule has 0 spiro atoms. The number of nitrogens with two attached hydrogens (primary N) is 1. The van der Waals surface area contributed by atoms with E-state index < -0.39 is 0 Å². The highest BCUT2D eigenvalue weighted by Crippen LogP contribution is 2.25. The number of hydrogen-bond acceptors (Lipinski definition) is 3. The quantitative estimate of drug-likeness (QED) is 0.639. The number of benzene rings is 2. The SMILES string of the molecule is COc1cc(OCc2ccc(F)cc2Br)cc(C(=N)N)c1. The van der Waals surface area contributed by atoms with Gasteiger partial charge < -0.3 is 15.2 Å². The van der Waals surface area contributed by atoms with E-state index in [1.54, 1.807) is 24.3 Å². The minimum absolute atomic E-state index is 0.0679. The Morgan fingerprint density at radius 2 is 1.95 bits per heavy atom. The van der Waals surface area contributed by atoms with E-state index in [9.17, 15) is 4.39 Å². The highest BCUT2D eigenvalue weighted by molar-refractivity contribution is 9.10. The molecule has 0 saturated heterocycles. The molecule has 0 amide bonds. The summed E-state index contributed by atoms with van der Waals surface area (Å²) in [5.74, 6) is 0.694. The molecule has 0 saturated carbocycles. The Labute approximate surface area is 130 Å². The van der Waals surface area contributed by atoms with Crippen molar-refractivity contribution in [3.05, 3.63) is 57.8 Å². The van der Waals surface area contributed by atoms with Crippen LogP contribution in [0.2, 0.25) is 0 Å². The van der Waals surface area contributed by atoms with E-state index in [0.717, 1.165) is 5.56 Å². The van der Waals surface area contributed by atoms with Crippen LogP contribution >= 0.6 is 15.9 Å². The molecule has 2 aromatic carbocycles. The number of amidine groups is 1. The zero-order chi connectivity index (χ0) is 15.4. The third-order valence-corrected chi connectivity index (χ3v) is 3.57. The molecule has 2 rings (SSSR count). The van der Waals surface area contributed by atoms with Crippen molar-refractivity contribution in [2.45, 2.75) is 6.61 Å². The molecule has 110 valence electrons. The Bertz CT molecular complexity index is 677. The molecule has 0 bridgehead atoms. The van der Waals surface area contributed by atoms with Crippen molar-refractivity contribution < 1.29 is 13.9 Å². The summed E-state index contributed by atoms with van der Waals surface area (Å²) in [7, 11) is 1.53. The first kappa shape index (κ1) is 15.3. The predicted octanol–water partition coefficient (Wildman–Crippen LogP) is 3.46. The van der Waals surface area contributed by atoms with Crippen LogP contribution in [0, 0.1) is 11.2 Å². The van der Waals surface area contributed by atoms with Crippen LogP contribution in [0.4, 0.5) is 4.39 Å². The van der Waals surface area contributed by atoms with Gasteiger partial charge in [0.15, 0.2) is 0 Å². The summed E-state index contributed by atoms with van der Waals surface area (Å²) in [5.41, 5.74) is 6.80. The zero-order valence-corrected chi connectivity index (χ0v) is 12.9. The second-order valence-corrected chi connectivity index (χ2v) is 5.19. The normalized spacial score (nSPS) is 10.2. The maximum Gasteiger partial charge on any atom is 0.124 e. The highest BCUT2D eigenvalue weighted by Gasteiger charge is 2.07. The smallest absolute Gasteiger partial charge is 0.124 e. The first-order valence-electron chi connectivity index (χ1n) is 6.10. The lowest BCUT2D eigenvalue weighted by molar-refractivity contribution is 0.302. The van der Waals surface area contributed by atoms with E-state index in [-0.39, 0.29) is 18.3 Å². The summed E-state index contributed by atoms with van der Waals surface area (Å²) < 4.78 is 24.5. The lowest BCUT2D eigenvalue weighted by atomic mass is 10.2. The molecule has 0 aliphatic heterocycles. The summed E-state index contributed by atoms with van der Waals surface area (Å²) in [6, 6.07) is 9.40. The maximum atomic E-state index is 13.0. The fraction of sp³-hybridized carbons (Fsp3) is 0.133. The lowest BCUT2D eigenvalue weighted by Crippen LogP contribution is -2.11. The van der Waals surface area contributed by atoms with Crippen LogP contribution in [0.1, 0.15) is 11.1 Å². The van der Waals surface area contributed by atoms with Gasteiger partial charge in [-0.3, -0.25) is 5.41 Å². The van der Waals surface area contributed by atoms with Crippen molar-refractivity contribution >= 4 is 21.8 Å². The average Bonchev–Trinajstić information content (AvgIpc) is 2.46. The topological polar surface area (TPSA) is 68.3 Å². The van der Waals surface area contributed by atoms with Crippen LogP contribution in [-0.2, 0) is 6.61 Å². The van der Waals surface area contributed by atoms with Gasteiger partial charge in [0.1, 0.15) is 29.8 Å². The molecule has 0 aliphatic rings. The molecule has 0 fully saturated rings. The second kappa shape index (κ2) is 6.58. The molecule has 2 aromatic rings. The monoisotopic (exact) mass is 352 g/mol. The number of halogens is 2. The van der Waals surface area contributed by atoms with E-state index in [1.165, 1.54) is 19.2 Å². The molecule has 0 unspecified atom stereocenters. The molecule has 3 N–H and O–H groups in total. The van der Waals surface area contributed by atoms with Crippen LogP contribution in [0.5, 0.6) is 11.5 Å². The predicted molar refractivity (Wildman–Crippen MR) is 82.4 cm³/mol. The van der Waals surface area contributed by atoms with Gasteiger partial charge >= 0.3 is 0 Å². The van der Waals surface area contributed by atoms with Crippen LogP contribution in [0.15, 0.2) is 40.9 Å². The molecule has 0 radical (unpaired) electrons. The third-order valence-electron chi connectivity index (χ3n) is 2.84. The lowest BCUT2D eigenvalue weighted by Gasteiger charge is -2.11.